The largest absolute Gasteiger partial charge is 0.465 e. The highest BCUT2D eigenvalue weighted by atomic mass is 19.1. The van der Waals surface area contributed by atoms with Crippen molar-refractivity contribution in [2.75, 3.05) is 18.6 Å². The fourth-order valence-electron chi connectivity index (χ4n) is 3.64. The third-order valence-electron chi connectivity index (χ3n) is 5.05. The lowest BCUT2D eigenvalue weighted by Gasteiger charge is -2.35. The molecule has 1 atom stereocenters. The summed E-state index contributed by atoms with van der Waals surface area (Å²) >= 11 is 0. The summed E-state index contributed by atoms with van der Waals surface area (Å²) in [6.07, 6.45) is 0. The van der Waals surface area contributed by atoms with Crippen LogP contribution in [0.1, 0.15) is 42.7 Å². The summed E-state index contributed by atoms with van der Waals surface area (Å²) in [6.45, 7) is 4.38. The number of benzene rings is 2. The average Bonchev–Trinajstić information content (AvgIpc) is 2.78. The molecular weight excluding hydrogens is 447 g/mol. The van der Waals surface area contributed by atoms with E-state index in [9.17, 15) is 23.6 Å². The van der Waals surface area contributed by atoms with Gasteiger partial charge in [0.05, 0.1) is 36.6 Å². The summed E-state index contributed by atoms with van der Waals surface area (Å²) < 4.78 is 29.0. The second-order valence-corrected chi connectivity index (χ2v) is 7.26. The van der Waals surface area contributed by atoms with E-state index in [1.807, 2.05) is 0 Å². The summed E-state index contributed by atoms with van der Waals surface area (Å²) in [7, 11) is 1.24. The fourth-order valence-corrected chi connectivity index (χ4v) is 3.64. The second-order valence-electron chi connectivity index (χ2n) is 7.26. The molecule has 0 aromatic heterocycles. The highest BCUT2D eigenvalue weighted by Gasteiger charge is 2.38. The van der Waals surface area contributed by atoms with Gasteiger partial charge in [-0.25, -0.2) is 18.8 Å². The lowest BCUT2D eigenvalue weighted by atomic mass is 9.93. The third-order valence-corrected chi connectivity index (χ3v) is 5.05. The maximum Gasteiger partial charge on any atom is 0.338 e. The number of allylic oxidation sites excluding steroid dienone is 1. The Balaban J connectivity index is 2.18. The molecule has 2 aromatic rings. The number of esters is 3. The molecule has 34 heavy (non-hydrogen) atoms. The number of anilines is 1. The predicted octanol–water partition coefficient (Wildman–Crippen LogP) is 3.65. The first kappa shape index (κ1) is 24.4. The monoisotopic (exact) mass is 470 g/mol. The van der Waals surface area contributed by atoms with Crippen molar-refractivity contribution in [1.82, 2.24) is 5.32 Å². The molecule has 0 saturated carbocycles. The quantitative estimate of drug-likeness (QED) is 0.507. The molecule has 0 spiro atoms. The van der Waals surface area contributed by atoms with Crippen molar-refractivity contribution in [1.29, 1.82) is 0 Å². The van der Waals surface area contributed by atoms with Gasteiger partial charge in [-0.2, -0.15) is 0 Å². The molecule has 178 valence electrons. The van der Waals surface area contributed by atoms with Crippen molar-refractivity contribution >= 4 is 29.6 Å². The molecule has 9 nitrogen and oxygen atoms in total. The number of nitrogens with one attached hydrogen (secondary N) is 1. The Morgan fingerprint density at radius 2 is 1.85 bits per heavy atom. The number of methoxy groups -OCH3 is 1. The number of urea groups is 1. The van der Waals surface area contributed by atoms with Gasteiger partial charge in [-0.15, -0.1) is 0 Å². The Morgan fingerprint density at radius 1 is 1.12 bits per heavy atom. The van der Waals surface area contributed by atoms with E-state index < -0.39 is 35.8 Å². The number of halogens is 1. The van der Waals surface area contributed by atoms with Crippen LogP contribution < -0.4 is 15.0 Å². The molecule has 1 heterocycles. The molecule has 3 rings (SSSR count). The Kier molecular flexibility index (Phi) is 7.30. The fraction of sp³-hybridized carbons (Fsp3) is 0.250. The molecule has 1 aliphatic rings. The number of carbonyl (C=O) groups excluding carboxylic acids is 4. The second kappa shape index (κ2) is 10.2. The zero-order valence-electron chi connectivity index (χ0n) is 19.0. The molecule has 2 aromatic carbocycles. The summed E-state index contributed by atoms with van der Waals surface area (Å²) in [4.78, 5) is 50.9. The van der Waals surface area contributed by atoms with Gasteiger partial charge in [0.1, 0.15) is 11.6 Å². The van der Waals surface area contributed by atoms with Crippen molar-refractivity contribution in [3.8, 4) is 5.75 Å². The summed E-state index contributed by atoms with van der Waals surface area (Å²) in [5.74, 6) is -2.83. The molecule has 2 amide bonds. The molecular formula is C24H23FN2O7. The molecule has 0 aliphatic carbocycles. The topological polar surface area (TPSA) is 111 Å². The van der Waals surface area contributed by atoms with E-state index in [1.165, 1.54) is 37.1 Å². The minimum atomic E-state index is -1.10. The highest BCUT2D eigenvalue weighted by molar-refractivity contribution is 6.04. The van der Waals surface area contributed by atoms with E-state index >= 15 is 0 Å². The van der Waals surface area contributed by atoms with Gasteiger partial charge in [0.15, 0.2) is 0 Å². The van der Waals surface area contributed by atoms with E-state index in [2.05, 4.69) is 5.32 Å². The first-order valence-electron chi connectivity index (χ1n) is 10.3. The van der Waals surface area contributed by atoms with Gasteiger partial charge in [0, 0.05) is 24.3 Å². The zero-order valence-corrected chi connectivity index (χ0v) is 19.0. The van der Waals surface area contributed by atoms with E-state index in [0.717, 1.165) is 19.1 Å². The predicted molar refractivity (Wildman–Crippen MR) is 119 cm³/mol. The van der Waals surface area contributed by atoms with Crippen LogP contribution >= 0.6 is 0 Å². The van der Waals surface area contributed by atoms with Crippen LogP contribution in [0.3, 0.4) is 0 Å². The zero-order chi connectivity index (χ0) is 25.0. The average molecular weight is 470 g/mol. The summed E-state index contributed by atoms with van der Waals surface area (Å²) in [5, 5.41) is 2.70. The molecule has 0 radical (unpaired) electrons. The Labute approximate surface area is 195 Å². The van der Waals surface area contributed by atoms with Crippen molar-refractivity contribution in [2.45, 2.75) is 26.8 Å². The van der Waals surface area contributed by atoms with Gasteiger partial charge in [0.25, 0.3) is 0 Å². The number of amides is 2. The van der Waals surface area contributed by atoms with E-state index in [4.69, 9.17) is 14.2 Å². The van der Waals surface area contributed by atoms with Gasteiger partial charge in [0.2, 0.25) is 0 Å². The van der Waals surface area contributed by atoms with Crippen LogP contribution in [0.2, 0.25) is 0 Å². The molecule has 1 N–H and O–H groups in total. The van der Waals surface area contributed by atoms with Crippen molar-refractivity contribution in [3.63, 3.8) is 0 Å². The Hall–Kier alpha value is -4.21. The molecule has 10 heteroatoms. The van der Waals surface area contributed by atoms with Crippen molar-refractivity contribution in [2.24, 2.45) is 0 Å². The van der Waals surface area contributed by atoms with Crippen LogP contribution in [0.15, 0.2) is 53.7 Å². The number of hydrogen-bond acceptors (Lipinski definition) is 7. The van der Waals surface area contributed by atoms with Gasteiger partial charge in [-0.3, -0.25) is 9.69 Å². The van der Waals surface area contributed by atoms with Crippen LogP contribution in [0.25, 0.3) is 0 Å². The van der Waals surface area contributed by atoms with Gasteiger partial charge in [-0.1, -0.05) is 6.07 Å². The minimum Gasteiger partial charge on any atom is -0.465 e. The molecule has 0 fully saturated rings. The van der Waals surface area contributed by atoms with E-state index in [-0.39, 0.29) is 34.8 Å². The standard InChI is InChI=1S/C24H23FN2O7/c1-5-33-23(30)20-13(2)27(17-8-6-7-15(11-17)22(29)32-4)24(31)26-21(20)18-10-9-16(25)12-19(18)34-14(3)28/h6-12,21H,5H2,1-4H3,(H,26,31). The summed E-state index contributed by atoms with van der Waals surface area (Å²) in [5.41, 5.74) is 0.959. The van der Waals surface area contributed by atoms with Gasteiger partial charge in [-0.05, 0) is 44.2 Å². The van der Waals surface area contributed by atoms with Gasteiger partial charge >= 0.3 is 23.9 Å². The number of hydrogen-bond donors (Lipinski definition) is 1. The van der Waals surface area contributed by atoms with Crippen molar-refractivity contribution < 1.29 is 37.8 Å². The first-order chi connectivity index (χ1) is 16.2. The number of nitrogens with zero attached hydrogens (tertiary/aromatic N) is 1. The SMILES string of the molecule is CCOC(=O)C1=C(C)N(c2cccc(C(=O)OC)c2)C(=O)NC1c1ccc(F)cc1OC(C)=O. The van der Waals surface area contributed by atoms with Crippen LogP contribution in [0, 0.1) is 5.82 Å². The summed E-state index contributed by atoms with van der Waals surface area (Å²) in [6, 6.07) is 7.83. The van der Waals surface area contributed by atoms with Crippen LogP contribution in [-0.2, 0) is 19.1 Å². The van der Waals surface area contributed by atoms with Crippen LogP contribution in [-0.4, -0.2) is 37.7 Å². The van der Waals surface area contributed by atoms with Gasteiger partial charge < -0.3 is 19.5 Å². The molecule has 0 saturated heterocycles. The third kappa shape index (κ3) is 4.90. The Bertz CT molecular complexity index is 1190. The first-order valence-corrected chi connectivity index (χ1v) is 10.3. The van der Waals surface area contributed by atoms with E-state index in [1.54, 1.807) is 19.1 Å². The maximum atomic E-state index is 13.9. The molecule has 1 unspecified atom stereocenters. The van der Waals surface area contributed by atoms with Crippen LogP contribution in [0.4, 0.5) is 14.9 Å². The highest BCUT2D eigenvalue weighted by Crippen LogP contribution is 2.38. The molecule has 0 bridgehead atoms. The lowest BCUT2D eigenvalue weighted by Crippen LogP contribution is -2.48. The number of rotatable bonds is 6. The normalized spacial score (nSPS) is 15.5. The van der Waals surface area contributed by atoms with Crippen LogP contribution in [0.5, 0.6) is 5.75 Å². The van der Waals surface area contributed by atoms with Crippen molar-refractivity contribution in [3.05, 3.63) is 70.7 Å². The minimum absolute atomic E-state index is 0.0462. The van der Waals surface area contributed by atoms with E-state index in [0.29, 0.717) is 5.69 Å². The molecule has 1 aliphatic heterocycles. The number of carbonyl (C=O) groups is 4. The lowest BCUT2D eigenvalue weighted by molar-refractivity contribution is -0.139. The number of ether oxygens (including phenoxy) is 3. The smallest absolute Gasteiger partial charge is 0.338 e. The maximum absolute atomic E-state index is 13.9. The Morgan fingerprint density at radius 3 is 2.50 bits per heavy atom.